The number of furan rings is 1. The van der Waals surface area contributed by atoms with E-state index < -0.39 is 0 Å². The summed E-state index contributed by atoms with van der Waals surface area (Å²) in [5, 5.41) is 2.88. The molecule has 2 aromatic heterocycles. The number of benzene rings is 1. The van der Waals surface area contributed by atoms with Gasteiger partial charge in [0.05, 0.1) is 11.8 Å². The summed E-state index contributed by atoms with van der Waals surface area (Å²) in [6, 6.07) is 11.9. The molecule has 0 aliphatic rings. The van der Waals surface area contributed by atoms with Gasteiger partial charge in [0.15, 0.2) is 0 Å². The number of imidazole rings is 1. The molecular weight excluding hydrogens is 290 g/mol. The highest BCUT2D eigenvalue weighted by Crippen LogP contribution is 2.10. The van der Waals surface area contributed by atoms with Gasteiger partial charge in [-0.1, -0.05) is 30.3 Å². The highest BCUT2D eigenvalue weighted by Gasteiger charge is 2.10. The van der Waals surface area contributed by atoms with Gasteiger partial charge in [0.1, 0.15) is 12.1 Å². The molecule has 23 heavy (non-hydrogen) atoms. The molecule has 3 rings (SSSR count). The molecule has 1 aromatic carbocycles. The van der Waals surface area contributed by atoms with Crippen LogP contribution in [0.25, 0.3) is 0 Å². The van der Waals surface area contributed by atoms with Gasteiger partial charge >= 0.3 is 0 Å². The third kappa shape index (κ3) is 3.69. The molecule has 118 valence electrons. The summed E-state index contributed by atoms with van der Waals surface area (Å²) in [7, 11) is 0. The number of hydrogen-bond acceptors (Lipinski definition) is 3. The lowest BCUT2D eigenvalue weighted by Gasteiger charge is -2.11. The van der Waals surface area contributed by atoms with E-state index in [2.05, 4.69) is 27.0 Å². The van der Waals surface area contributed by atoms with E-state index in [4.69, 9.17) is 4.42 Å². The number of hydrogen-bond donors (Lipinski definition) is 1. The Kier molecular flexibility index (Phi) is 4.57. The van der Waals surface area contributed by atoms with E-state index in [1.165, 1.54) is 18.1 Å². The number of rotatable bonds is 6. The van der Waals surface area contributed by atoms with Crippen LogP contribution in [0.15, 0.2) is 59.5 Å². The van der Waals surface area contributed by atoms with Crippen molar-refractivity contribution in [3.8, 4) is 0 Å². The highest BCUT2D eigenvalue weighted by atomic mass is 16.3. The normalized spacial score (nSPS) is 10.7. The van der Waals surface area contributed by atoms with E-state index in [-0.39, 0.29) is 5.91 Å². The van der Waals surface area contributed by atoms with Gasteiger partial charge in [-0.25, -0.2) is 4.98 Å². The number of aromatic nitrogens is 2. The Bertz CT molecular complexity index is 761. The third-order valence-corrected chi connectivity index (χ3v) is 3.74. The Labute approximate surface area is 135 Å². The standard InChI is InChI=1S/C18H19N3O2/c1-14-11-20-17(21(14)12-15-5-3-2-4-6-15)7-9-19-18(22)16-8-10-23-13-16/h2-6,8,10-11,13H,7,9,12H2,1H3,(H,19,22). The summed E-state index contributed by atoms with van der Waals surface area (Å²) in [6.07, 6.45) is 5.49. The highest BCUT2D eigenvalue weighted by molar-refractivity contribution is 5.93. The minimum absolute atomic E-state index is 0.128. The molecule has 0 unspecified atom stereocenters. The summed E-state index contributed by atoms with van der Waals surface area (Å²) in [5.74, 6) is 0.843. The lowest BCUT2D eigenvalue weighted by molar-refractivity contribution is 0.0953. The zero-order valence-corrected chi connectivity index (χ0v) is 13.0. The molecule has 1 amide bonds. The van der Waals surface area contributed by atoms with Crippen molar-refractivity contribution < 1.29 is 9.21 Å². The molecule has 0 saturated heterocycles. The number of aryl methyl sites for hydroxylation is 1. The number of carbonyl (C=O) groups excluding carboxylic acids is 1. The molecular formula is C18H19N3O2. The Morgan fingerprint density at radius 3 is 2.83 bits per heavy atom. The molecule has 2 heterocycles. The first kappa shape index (κ1) is 15.1. The quantitative estimate of drug-likeness (QED) is 0.761. The maximum Gasteiger partial charge on any atom is 0.254 e. The molecule has 0 aliphatic carbocycles. The second-order valence-electron chi connectivity index (χ2n) is 5.41. The molecule has 0 spiro atoms. The van der Waals surface area contributed by atoms with E-state index in [0.29, 0.717) is 18.5 Å². The van der Waals surface area contributed by atoms with Gasteiger partial charge in [-0.05, 0) is 18.6 Å². The summed E-state index contributed by atoms with van der Waals surface area (Å²) in [5.41, 5.74) is 2.89. The van der Waals surface area contributed by atoms with Gasteiger partial charge < -0.3 is 14.3 Å². The molecule has 3 aromatic rings. The van der Waals surface area contributed by atoms with Gasteiger partial charge in [0.2, 0.25) is 0 Å². The maximum absolute atomic E-state index is 11.9. The van der Waals surface area contributed by atoms with Gasteiger partial charge in [-0.15, -0.1) is 0 Å². The van der Waals surface area contributed by atoms with E-state index >= 15 is 0 Å². The Morgan fingerprint density at radius 1 is 1.26 bits per heavy atom. The van der Waals surface area contributed by atoms with Crippen molar-refractivity contribution in [1.29, 1.82) is 0 Å². The van der Waals surface area contributed by atoms with Gasteiger partial charge in [-0.3, -0.25) is 4.79 Å². The Hall–Kier alpha value is -2.82. The molecule has 0 radical (unpaired) electrons. The molecule has 5 nitrogen and oxygen atoms in total. The first-order chi connectivity index (χ1) is 11.2. The first-order valence-corrected chi connectivity index (χ1v) is 7.59. The predicted molar refractivity (Wildman–Crippen MR) is 87.3 cm³/mol. The summed E-state index contributed by atoms with van der Waals surface area (Å²) < 4.78 is 7.09. The zero-order valence-electron chi connectivity index (χ0n) is 13.0. The molecule has 0 fully saturated rings. The van der Waals surface area contributed by atoms with Gasteiger partial charge in [-0.2, -0.15) is 0 Å². The SMILES string of the molecule is Cc1cnc(CCNC(=O)c2ccoc2)n1Cc1ccccc1. The smallest absolute Gasteiger partial charge is 0.254 e. The van der Waals surface area contributed by atoms with Crippen molar-refractivity contribution in [3.63, 3.8) is 0 Å². The van der Waals surface area contributed by atoms with E-state index in [1.54, 1.807) is 6.07 Å². The Morgan fingerprint density at radius 2 is 2.09 bits per heavy atom. The Balaban J connectivity index is 1.61. The van der Waals surface area contributed by atoms with Crippen LogP contribution in [0.5, 0.6) is 0 Å². The fourth-order valence-electron chi connectivity index (χ4n) is 2.48. The van der Waals surface area contributed by atoms with Crippen LogP contribution < -0.4 is 5.32 Å². The molecule has 1 N–H and O–H groups in total. The van der Waals surface area contributed by atoms with Crippen molar-refractivity contribution in [2.24, 2.45) is 0 Å². The fourth-order valence-corrected chi connectivity index (χ4v) is 2.48. The predicted octanol–water partition coefficient (Wildman–Crippen LogP) is 2.81. The lowest BCUT2D eigenvalue weighted by Crippen LogP contribution is -2.26. The van der Waals surface area contributed by atoms with Gasteiger partial charge in [0, 0.05) is 31.4 Å². The average molecular weight is 309 g/mol. The fraction of sp³-hybridized carbons (Fsp3) is 0.222. The molecule has 0 bridgehead atoms. The van der Waals surface area contributed by atoms with E-state index in [9.17, 15) is 4.79 Å². The van der Waals surface area contributed by atoms with E-state index in [0.717, 1.165) is 18.1 Å². The number of nitrogens with one attached hydrogen (secondary N) is 1. The topological polar surface area (TPSA) is 60.1 Å². The molecule has 0 aliphatic heterocycles. The van der Waals surface area contributed by atoms with Crippen LogP contribution in [0, 0.1) is 6.92 Å². The summed E-state index contributed by atoms with van der Waals surface area (Å²) in [6.45, 7) is 3.37. The minimum atomic E-state index is -0.128. The second-order valence-corrected chi connectivity index (χ2v) is 5.41. The van der Waals surface area contributed by atoms with Crippen molar-refractivity contribution in [2.75, 3.05) is 6.54 Å². The number of amides is 1. The third-order valence-electron chi connectivity index (χ3n) is 3.74. The minimum Gasteiger partial charge on any atom is -0.472 e. The van der Waals surface area contributed by atoms with Crippen LogP contribution in [0.1, 0.15) is 27.4 Å². The van der Waals surface area contributed by atoms with Crippen LogP contribution in [0.4, 0.5) is 0 Å². The van der Waals surface area contributed by atoms with Crippen molar-refractivity contribution >= 4 is 5.91 Å². The second kappa shape index (κ2) is 6.96. The largest absolute Gasteiger partial charge is 0.472 e. The summed E-state index contributed by atoms with van der Waals surface area (Å²) >= 11 is 0. The van der Waals surface area contributed by atoms with Crippen LogP contribution in [0.2, 0.25) is 0 Å². The maximum atomic E-state index is 11.9. The average Bonchev–Trinajstić information content (AvgIpc) is 3.21. The molecule has 0 saturated carbocycles. The first-order valence-electron chi connectivity index (χ1n) is 7.59. The number of nitrogens with zero attached hydrogens (tertiary/aromatic N) is 2. The van der Waals surface area contributed by atoms with Crippen molar-refractivity contribution in [1.82, 2.24) is 14.9 Å². The van der Waals surface area contributed by atoms with Crippen LogP contribution in [-0.2, 0) is 13.0 Å². The van der Waals surface area contributed by atoms with Crippen LogP contribution in [-0.4, -0.2) is 22.0 Å². The van der Waals surface area contributed by atoms with E-state index in [1.807, 2.05) is 31.3 Å². The summed E-state index contributed by atoms with van der Waals surface area (Å²) in [4.78, 5) is 16.3. The number of carbonyl (C=O) groups is 1. The van der Waals surface area contributed by atoms with Crippen molar-refractivity contribution in [2.45, 2.75) is 19.9 Å². The zero-order chi connectivity index (χ0) is 16.1. The molecule has 5 heteroatoms. The van der Waals surface area contributed by atoms with Crippen LogP contribution >= 0.6 is 0 Å². The lowest BCUT2D eigenvalue weighted by atomic mass is 10.2. The monoisotopic (exact) mass is 309 g/mol. The molecule has 0 atom stereocenters. The van der Waals surface area contributed by atoms with Crippen molar-refractivity contribution in [3.05, 3.63) is 77.8 Å². The van der Waals surface area contributed by atoms with Gasteiger partial charge in [0.25, 0.3) is 5.91 Å². The van der Waals surface area contributed by atoms with Crippen LogP contribution in [0.3, 0.4) is 0 Å².